The maximum Gasteiger partial charge on any atom is 0.317 e. The van der Waals surface area contributed by atoms with Crippen LogP contribution < -0.4 is 15.0 Å². The third-order valence-electron chi connectivity index (χ3n) is 4.69. The Balaban J connectivity index is 1.76. The zero-order chi connectivity index (χ0) is 18.5. The van der Waals surface area contributed by atoms with Crippen LogP contribution in [0, 0.1) is 0 Å². The highest BCUT2D eigenvalue weighted by Crippen LogP contribution is 2.20. The molecule has 1 N–H and O–H groups in total. The topological polar surface area (TPSA) is 75.5 Å². The Kier molecular flexibility index (Phi) is 5.60. The van der Waals surface area contributed by atoms with E-state index in [-0.39, 0.29) is 6.03 Å². The minimum absolute atomic E-state index is 0.0291. The molecule has 1 aromatic carbocycles. The SMILES string of the molecule is CCc1nnc(N2CCN(C(=O)NC)CC2)n1Cc1ccc(OC)cc1. The number of nitrogens with zero attached hydrogens (tertiary/aromatic N) is 5. The summed E-state index contributed by atoms with van der Waals surface area (Å²) in [6.07, 6.45) is 0.821. The summed E-state index contributed by atoms with van der Waals surface area (Å²) in [5, 5.41) is 11.5. The average Bonchev–Trinajstić information content (AvgIpc) is 3.10. The summed E-state index contributed by atoms with van der Waals surface area (Å²) in [5.41, 5.74) is 1.17. The Labute approximate surface area is 153 Å². The molecule has 0 unspecified atom stereocenters. The molecule has 2 aromatic rings. The average molecular weight is 358 g/mol. The second kappa shape index (κ2) is 8.07. The van der Waals surface area contributed by atoms with Gasteiger partial charge in [0.15, 0.2) is 0 Å². The van der Waals surface area contributed by atoms with Gasteiger partial charge in [0, 0.05) is 39.6 Å². The number of amides is 2. The first-order valence-corrected chi connectivity index (χ1v) is 8.92. The fraction of sp³-hybridized carbons (Fsp3) is 0.500. The number of rotatable bonds is 5. The van der Waals surface area contributed by atoms with Gasteiger partial charge in [-0.2, -0.15) is 0 Å². The van der Waals surface area contributed by atoms with E-state index in [4.69, 9.17) is 4.74 Å². The number of hydrogen-bond donors (Lipinski definition) is 1. The lowest BCUT2D eigenvalue weighted by Gasteiger charge is -2.35. The summed E-state index contributed by atoms with van der Waals surface area (Å²) in [6.45, 7) is 5.65. The van der Waals surface area contributed by atoms with Crippen molar-refractivity contribution in [3.05, 3.63) is 35.7 Å². The molecule has 8 heteroatoms. The van der Waals surface area contributed by atoms with E-state index in [1.807, 2.05) is 17.0 Å². The van der Waals surface area contributed by atoms with Crippen molar-refractivity contribution in [2.45, 2.75) is 19.9 Å². The molecule has 0 saturated carbocycles. The van der Waals surface area contributed by atoms with Crippen LogP contribution >= 0.6 is 0 Å². The van der Waals surface area contributed by atoms with Gasteiger partial charge in [-0.1, -0.05) is 19.1 Å². The van der Waals surface area contributed by atoms with Gasteiger partial charge < -0.3 is 19.9 Å². The van der Waals surface area contributed by atoms with E-state index in [1.165, 1.54) is 5.56 Å². The van der Waals surface area contributed by atoms with E-state index in [9.17, 15) is 4.79 Å². The standard InChI is InChI=1S/C18H26N6O2/c1-4-16-20-21-17(22-9-11-23(12-10-22)18(25)19-2)24(16)13-14-5-7-15(26-3)8-6-14/h5-8H,4,9-13H2,1-3H3,(H,19,25). The number of carbonyl (C=O) groups is 1. The molecule has 0 radical (unpaired) electrons. The normalized spacial score (nSPS) is 14.4. The van der Waals surface area contributed by atoms with Crippen molar-refractivity contribution in [1.82, 2.24) is 25.0 Å². The molecule has 26 heavy (non-hydrogen) atoms. The van der Waals surface area contributed by atoms with Crippen LogP contribution in [0.1, 0.15) is 18.3 Å². The summed E-state index contributed by atoms with van der Waals surface area (Å²) in [4.78, 5) is 15.8. The molecule has 1 aliphatic heterocycles. The molecular weight excluding hydrogens is 332 g/mol. The molecule has 1 saturated heterocycles. The molecule has 0 bridgehead atoms. The molecule has 0 spiro atoms. The van der Waals surface area contributed by atoms with Crippen molar-refractivity contribution < 1.29 is 9.53 Å². The van der Waals surface area contributed by atoms with Crippen LogP contribution in [0.2, 0.25) is 0 Å². The van der Waals surface area contributed by atoms with Crippen LogP contribution in [0.15, 0.2) is 24.3 Å². The molecule has 1 aliphatic rings. The van der Waals surface area contributed by atoms with Gasteiger partial charge in [0.2, 0.25) is 5.95 Å². The number of aromatic nitrogens is 3. The number of methoxy groups -OCH3 is 1. The van der Waals surface area contributed by atoms with Gasteiger partial charge >= 0.3 is 6.03 Å². The molecule has 8 nitrogen and oxygen atoms in total. The number of carbonyl (C=O) groups excluding carboxylic acids is 1. The van der Waals surface area contributed by atoms with Gasteiger partial charge in [0.25, 0.3) is 0 Å². The van der Waals surface area contributed by atoms with Crippen molar-refractivity contribution in [2.24, 2.45) is 0 Å². The Hall–Kier alpha value is -2.77. The number of piperazine rings is 1. The molecule has 0 atom stereocenters. The Bertz CT molecular complexity index is 735. The van der Waals surface area contributed by atoms with Gasteiger partial charge in [-0.25, -0.2) is 4.79 Å². The van der Waals surface area contributed by atoms with Crippen LogP contribution in [0.4, 0.5) is 10.7 Å². The monoisotopic (exact) mass is 358 g/mol. The molecular formula is C18H26N6O2. The first-order chi connectivity index (χ1) is 12.7. The molecule has 1 aromatic heterocycles. The lowest BCUT2D eigenvalue weighted by molar-refractivity contribution is 0.196. The number of benzene rings is 1. The zero-order valence-corrected chi connectivity index (χ0v) is 15.6. The molecule has 0 aliphatic carbocycles. The predicted octanol–water partition coefficient (Wildman–Crippen LogP) is 1.36. The number of hydrogen-bond acceptors (Lipinski definition) is 5. The van der Waals surface area contributed by atoms with E-state index in [0.717, 1.165) is 37.0 Å². The van der Waals surface area contributed by atoms with Crippen molar-refractivity contribution in [2.75, 3.05) is 45.2 Å². The van der Waals surface area contributed by atoms with Crippen LogP contribution in [-0.4, -0.2) is 66.0 Å². The van der Waals surface area contributed by atoms with Crippen LogP contribution in [0.5, 0.6) is 5.75 Å². The van der Waals surface area contributed by atoms with E-state index in [1.54, 1.807) is 14.2 Å². The molecule has 2 amide bonds. The van der Waals surface area contributed by atoms with Gasteiger partial charge in [-0.3, -0.25) is 4.57 Å². The van der Waals surface area contributed by atoms with Gasteiger partial charge in [-0.05, 0) is 17.7 Å². The van der Waals surface area contributed by atoms with Crippen LogP contribution in [0.25, 0.3) is 0 Å². The van der Waals surface area contributed by atoms with Crippen molar-refractivity contribution in [3.63, 3.8) is 0 Å². The van der Waals surface area contributed by atoms with E-state index < -0.39 is 0 Å². The summed E-state index contributed by atoms with van der Waals surface area (Å²) >= 11 is 0. The quantitative estimate of drug-likeness (QED) is 0.873. The fourth-order valence-electron chi connectivity index (χ4n) is 3.16. The number of ether oxygens (including phenoxy) is 1. The molecule has 3 rings (SSSR count). The third kappa shape index (κ3) is 3.74. The number of nitrogens with one attached hydrogen (secondary N) is 1. The van der Waals surface area contributed by atoms with Crippen molar-refractivity contribution >= 4 is 12.0 Å². The molecule has 1 fully saturated rings. The van der Waals surface area contributed by atoms with E-state index in [0.29, 0.717) is 19.6 Å². The highest BCUT2D eigenvalue weighted by molar-refractivity contribution is 5.74. The molecule has 2 heterocycles. The second-order valence-electron chi connectivity index (χ2n) is 6.23. The van der Waals surface area contributed by atoms with E-state index in [2.05, 4.69) is 44.0 Å². The summed E-state index contributed by atoms with van der Waals surface area (Å²) in [6, 6.07) is 8.02. The summed E-state index contributed by atoms with van der Waals surface area (Å²) < 4.78 is 7.39. The van der Waals surface area contributed by atoms with Crippen molar-refractivity contribution in [1.29, 1.82) is 0 Å². The smallest absolute Gasteiger partial charge is 0.317 e. The first-order valence-electron chi connectivity index (χ1n) is 8.92. The number of urea groups is 1. The maximum absolute atomic E-state index is 11.8. The first kappa shape index (κ1) is 18.0. The zero-order valence-electron chi connectivity index (χ0n) is 15.6. The van der Waals surface area contributed by atoms with Gasteiger partial charge in [0.1, 0.15) is 11.6 Å². The minimum atomic E-state index is -0.0291. The minimum Gasteiger partial charge on any atom is -0.497 e. The lowest BCUT2D eigenvalue weighted by atomic mass is 10.2. The van der Waals surface area contributed by atoms with E-state index >= 15 is 0 Å². The van der Waals surface area contributed by atoms with Gasteiger partial charge in [0.05, 0.1) is 13.7 Å². The predicted molar refractivity (Wildman–Crippen MR) is 99.7 cm³/mol. The van der Waals surface area contributed by atoms with Crippen LogP contribution in [0.3, 0.4) is 0 Å². The largest absolute Gasteiger partial charge is 0.497 e. The highest BCUT2D eigenvalue weighted by atomic mass is 16.5. The number of aryl methyl sites for hydroxylation is 1. The molecule has 140 valence electrons. The van der Waals surface area contributed by atoms with Gasteiger partial charge in [-0.15, -0.1) is 10.2 Å². The fourth-order valence-corrected chi connectivity index (χ4v) is 3.16. The van der Waals surface area contributed by atoms with Crippen molar-refractivity contribution in [3.8, 4) is 5.75 Å². The Morgan fingerprint density at radius 3 is 2.42 bits per heavy atom. The lowest BCUT2D eigenvalue weighted by Crippen LogP contribution is -2.51. The third-order valence-corrected chi connectivity index (χ3v) is 4.69. The Morgan fingerprint density at radius 1 is 1.15 bits per heavy atom. The van der Waals surface area contributed by atoms with Crippen LogP contribution in [-0.2, 0) is 13.0 Å². The maximum atomic E-state index is 11.8. The summed E-state index contributed by atoms with van der Waals surface area (Å²) in [7, 11) is 3.33. The Morgan fingerprint density at radius 2 is 1.85 bits per heavy atom. The second-order valence-corrected chi connectivity index (χ2v) is 6.23. The number of anilines is 1. The summed E-state index contributed by atoms with van der Waals surface area (Å²) in [5.74, 6) is 2.68. The highest BCUT2D eigenvalue weighted by Gasteiger charge is 2.24.